The van der Waals surface area contributed by atoms with Crippen LogP contribution in [0, 0.1) is 0 Å². The van der Waals surface area contributed by atoms with Gasteiger partial charge in [-0.1, -0.05) is 50.7 Å². The first-order valence-corrected chi connectivity index (χ1v) is 34.0. The van der Waals surface area contributed by atoms with Crippen molar-refractivity contribution in [2.45, 2.75) is 89.1 Å². The average molecular weight is 1280 g/mol. The molecule has 3 N–H and O–H groups in total. The number of nitrogens with zero attached hydrogens (tertiary/aromatic N) is 8. The molecule has 24 heteroatoms. The number of nitrogens with one attached hydrogen (secondary N) is 1. The van der Waals surface area contributed by atoms with E-state index in [0.29, 0.717) is 66.2 Å². The van der Waals surface area contributed by atoms with E-state index in [9.17, 15) is 36.0 Å². The molecule has 2 aliphatic carbocycles. The fourth-order valence-corrected chi connectivity index (χ4v) is 14.5. The molecule has 4 aromatic carbocycles. The molecular formula is C67H80N10O12S2. The van der Waals surface area contributed by atoms with Crippen molar-refractivity contribution in [3.05, 3.63) is 136 Å². The van der Waals surface area contributed by atoms with Crippen LogP contribution in [-0.4, -0.2) is 173 Å². The first-order chi connectivity index (χ1) is 43.7. The smallest absolute Gasteiger partial charge is 0.303 e. The van der Waals surface area contributed by atoms with Gasteiger partial charge in [-0.25, -0.2) is 14.8 Å². The third-order valence-corrected chi connectivity index (χ3v) is 20.9. The van der Waals surface area contributed by atoms with E-state index in [1.165, 1.54) is 49.0 Å². The highest BCUT2D eigenvalue weighted by molar-refractivity contribution is 7.87. The fourth-order valence-electron chi connectivity index (χ4n) is 13.3. The normalized spacial score (nSPS) is 17.6. The molecule has 7 aromatic rings. The molecule has 3 amide bonds. The number of rotatable bonds is 13. The van der Waals surface area contributed by atoms with Gasteiger partial charge in [-0.3, -0.25) is 23.7 Å². The Kier molecular flexibility index (Phi) is 19.5. The number of aromatic nitrogens is 4. The number of benzene rings is 4. The summed E-state index contributed by atoms with van der Waals surface area (Å²) < 4.78 is 81.4. The monoisotopic (exact) mass is 1280 g/mol. The SMILES string of the molecule is COc1ccc2c(c1)C=C(C(=O)N(C)CCOCCN(C)S(N)(=O)=O)Cn1c-2c(C2CCCCC2)c2ccc(C(=O)n3ccnc3)cc21.COc1ccc2c(c1)C=C1Cn3c-2c(C2CCCCC2)c2ccc(cc23)C(=O)NS(=O)(=O)N(C)CCOCCN(C)C1=O. The van der Waals surface area contributed by atoms with Gasteiger partial charge in [-0.2, -0.15) is 25.4 Å². The molecule has 91 heavy (non-hydrogen) atoms. The number of likely N-dealkylation sites (N-methyl/N-ethyl adjacent to an activating group) is 4. The van der Waals surface area contributed by atoms with Crippen LogP contribution in [0.4, 0.5) is 0 Å². The number of carbonyl (C=O) groups excluding carboxylic acids is 4. The van der Waals surface area contributed by atoms with Crippen LogP contribution in [-0.2, 0) is 52.6 Å². The molecule has 0 radical (unpaired) electrons. The third-order valence-electron chi connectivity index (χ3n) is 18.4. The van der Waals surface area contributed by atoms with Crippen LogP contribution < -0.4 is 19.3 Å². The average Bonchev–Trinajstić information content (AvgIpc) is 1.59. The molecule has 3 aliphatic heterocycles. The number of hydrogen-bond acceptors (Lipinski definition) is 13. The molecule has 0 unspecified atom stereocenters. The van der Waals surface area contributed by atoms with Gasteiger partial charge in [0.25, 0.3) is 33.8 Å². The predicted octanol–water partition coefficient (Wildman–Crippen LogP) is 8.41. The first kappa shape index (κ1) is 64.6. The van der Waals surface area contributed by atoms with E-state index in [1.807, 2.05) is 54.6 Å². The van der Waals surface area contributed by atoms with Crippen LogP contribution in [0.1, 0.15) is 119 Å². The Labute approximate surface area is 531 Å². The van der Waals surface area contributed by atoms with Crippen LogP contribution in [0.5, 0.6) is 11.5 Å². The summed E-state index contributed by atoms with van der Waals surface area (Å²) in [5.74, 6) is 0.910. The zero-order valence-electron chi connectivity index (χ0n) is 52.5. The van der Waals surface area contributed by atoms with Gasteiger partial charge >= 0.3 is 10.2 Å². The second-order valence-electron chi connectivity index (χ2n) is 24.2. The Morgan fingerprint density at radius 2 is 1.32 bits per heavy atom. The molecule has 4 bridgehead atoms. The lowest BCUT2D eigenvalue weighted by Crippen LogP contribution is -2.42. The van der Waals surface area contributed by atoms with Gasteiger partial charge in [0.15, 0.2) is 0 Å². The summed E-state index contributed by atoms with van der Waals surface area (Å²) in [7, 11) is 1.65. The van der Waals surface area contributed by atoms with Crippen LogP contribution in [0.25, 0.3) is 56.5 Å². The summed E-state index contributed by atoms with van der Waals surface area (Å²) in [5, 5.41) is 7.26. The molecule has 12 rings (SSSR count). The Balaban J connectivity index is 0.000000188. The summed E-state index contributed by atoms with van der Waals surface area (Å²) in [6.07, 6.45) is 20.0. The van der Waals surface area contributed by atoms with Crippen LogP contribution in [0.15, 0.2) is 103 Å². The minimum Gasteiger partial charge on any atom is -0.497 e. The molecular weight excluding hydrogens is 1200 g/mol. The van der Waals surface area contributed by atoms with Crippen molar-refractivity contribution in [2.75, 3.05) is 95.0 Å². The highest BCUT2D eigenvalue weighted by atomic mass is 32.2. The fraction of sp³-hybridized carbons (Fsp3) is 0.418. The lowest BCUT2D eigenvalue weighted by Gasteiger charge is -2.24. The molecule has 2 saturated carbocycles. The van der Waals surface area contributed by atoms with Gasteiger partial charge < -0.3 is 37.9 Å². The lowest BCUT2D eigenvalue weighted by molar-refractivity contribution is -0.127. The largest absolute Gasteiger partial charge is 0.497 e. The van der Waals surface area contributed by atoms with Gasteiger partial charge in [-0.15, -0.1) is 0 Å². The number of methoxy groups -OCH3 is 2. The summed E-state index contributed by atoms with van der Waals surface area (Å²) in [6, 6.07) is 23.3. The van der Waals surface area contributed by atoms with Gasteiger partial charge in [0.2, 0.25) is 0 Å². The summed E-state index contributed by atoms with van der Waals surface area (Å²) in [4.78, 5) is 62.1. The van der Waals surface area contributed by atoms with Crippen LogP contribution in [0.3, 0.4) is 0 Å². The summed E-state index contributed by atoms with van der Waals surface area (Å²) >= 11 is 0. The molecule has 5 aliphatic rings. The molecule has 2 fully saturated rings. The van der Waals surface area contributed by atoms with Gasteiger partial charge in [-0.05, 0) is 133 Å². The molecule has 6 heterocycles. The number of imidazole rings is 1. The number of amides is 3. The van der Waals surface area contributed by atoms with Crippen molar-refractivity contribution in [1.29, 1.82) is 0 Å². The molecule has 0 saturated heterocycles. The maximum Gasteiger partial charge on any atom is 0.303 e. The second kappa shape index (κ2) is 27.5. The van der Waals surface area contributed by atoms with Crippen molar-refractivity contribution < 1.29 is 55.0 Å². The van der Waals surface area contributed by atoms with E-state index in [4.69, 9.17) is 24.1 Å². The molecule has 3 aromatic heterocycles. The van der Waals surface area contributed by atoms with Gasteiger partial charge in [0, 0.05) is 122 Å². The Hall–Kier alpha value is -7.97. The number of carbonyl (C=O) groups is 4. The first-order valence-electron chi connectivity index (χ1n) is 31.1. The van der Waals surface area contributed by atoms with Crippen LogP contribution >= 0.6 is 0 Å². The third kappa shape index (κ3) is 13.7. The standard InChI is InChI=1S/C35H42N6O6S.C32H38N4O6S/c1-38(15-17-47-18-16-39(2)48(36,44)45)34(42)27-19-26-20-28(46-3)10-12-29(26)33-32(24-7-5-4-6-8-24)30-11-9-25(21-31(30)41(33)22-27)35(43)40-14-13-37-23-40;1-34-13-15-42-16-14-35(2)43(39,40)33-31(37)22-9-11-27-28(19-22)36-20-24(32(34)38)17-23-18-25(41-3)10-12-26(23)30(36)29(27)21-7-5-4-6-8-21/h9-14,19-21,23-24H,4-8,15-18,22H2,1-3H3,(H2,36,44,45);9-12,17-19,21H,4-8,13-16,20H2,1-3H3,(H,33,37). The Morgan fingerprint density at radius 3 is 1.92 bits per heavy atom. The maximum absolute atomic E-state index is 14.1. The number of fused-ring (bicyclic) bond motifs is 9. The lowest BCUT2D eigenvalue weighted by atomic mass is 9.81. The van der Waals surface area contributed by atoms with E-state index < -0.39 is 26.3 Å². The topological polar surface area (TPSA) is 252 Å². The van der Waals surface area contributed by atoms with E-state index in [0.717, 1.165) is 115 Å². The zero-order chi connectivity index (χ0) is 64.3. The molecule has 0 spiro atoms. The minimum atomic E-state index is -4.09. The molecule has 0 atom stereocenters. The van der Waals surface area contributed by atoms with Gasteiger partial charge in [0.05, 0.1) is 65.1 Å². The van der Waals surface area contributed by atoms with E-state index in [-0.39, 0.29) is 62.8 Å². The van der Waals surface area contributed by atoms with Gasteiger partial charge in [0.1, 0.15) is 17.8 Å². The maximum atomic E-state index is 14.1. The van der Waals surface area contributed by atoms with E-state index >= 15 is 0 Å². The summed E-state index contributed by atoms with van der Waals surface area (Å²) in [6.45, 7) is 2.14. The van der Waals surface area contributed by atoms with E-state index in [2.05, 4.69) is 37.0 Å². The van der Waals surface area contributed by atoms with Crippen molar-refractivity contribution >= 4 is 78.0 Å². The molecule has 482 valence electrons. The number of ether oxygens (including phenoxy) is 4. The summed E-state index contributed by atoms with van der Waals surface area (Å²) in [5.41, 5.74) is 12.1. The quantitative estimate of drug-likeness (QED) is 0.103. The van der Waals surface area contributed by atoms with Crippen molar-refractivity contribution in [3.8, 4) is 34.0 Å². The van der Waals surface area contributed by atoms with Crippen molar-refractivity contribution in [3.63, 3.8) is 0 Å². The Bertz CT molecular complexity index is 4220. The number of hydrogen-bond donors (Lipinski definition) is 2. The van der Waals surface area contributed by atoms with Crippen LogP contribution in [0.2, 0.25) is 0 Å². The minimum absolute atomic E-state index is 0.0556. The van der Waals surface area contributed by atoms with Crippen molar-refractivity contribution in [1.82, 2.24) is 41.8 Å². The second-order valence-corrected chi connectivity index (χ2v) is 27.6. The van der Waals surface area contributed by atoms with Crippen molar-refractivity contribution in [2.24, 2.45) is 5.14 Å². The zero-order valence-corrected chi connectivity index (χ0v) is 54.1. The molecule has 22 nitrogen and oxygen atoms in total. The van der Waals surface area contributed by atoms with E-state index in [1.54, 1.807) is 62.6 Å². The highest BCUT2D eigenvalue weighted by Crippen LogP contribution is 2.49. The number of nitrogens with two attached hydrogens (primary N) is 1. The predicted molar refractivity (Wildman–Crippen MR) is 349 cm³/mol. The Morgan fingerprint density at radius 1 is 0.736 bits per heavy atom. The highest BCUT2D eigenvalue weighted by Gasteiger charge is 2.34.